The summed E-state index contributed by atoms with van der Waals surface area (Å²) < 4.78 is 1.72. The summed E-state index contributed by atoms with van der Waals surface area (Å²) in [6.45, 7) is 2.35. The number of nitrogens with two attached hydrogens (primary N) is 1. The third kappa shape index (κ3) is 5.40. The fourth-order valence-corrected chi connectivity index (χ4v) is 3.40. The van der Waals surface area contributed by atoms with Crippen molar-refractivity contribution in [2.75, 3.05) is 5.73 Å². The Morgan fingerprint density at radius 2 is 1.82 bits per heavy atom. The van der Waals surface area contributed by atoms with Crippen LogP contribution in [0, 0.1) is 18.8 Å². The zero-order valence-corrected chi connectivity index (χ0v) is 19.0. The Morgan fingerprint density at radius 1 is 1.06 bits per heavy atom. The average molecular weight is 456 g/mol. The van der Waals surface area contributed by atoms with E-state index in [1.807, 2.05) is 50.5 Å². The smallest absolute Gasteiger partial charge is 0.252 e. The van der Waals surface area contributed by atoms with Crippen molar-refractivity contribution >= 4 is 23.3 Å². The second-order valence-corrected chi connectivity index (χ2v) is 8.10. The van der Waals surface area contributed by atoms with Gasteiger partial charge >= 0.3 is 0 Å². The molecule has 2 heterocycles. The number of hydrogen-bond acceptors (Lipinski definition) is 4. The van der Waals surface area contributed by atoms with Crippen LogP contribution in [-0.2, 0) is 13.6 Å². The number of halogens is 1. The van der Waals surface area contributed by atoms with Gasteiger partial charge in [0, 0.05) is 47.7 Å². The lowest BCUT2D eigenvalue weighted by atomic mass is 10.0. The number of nitrogens with one attached hydrogen (secondary N) is 1. The van der Waals surface area contributed by atoms with Gasteiger partial charge in [0.1, 0.15) is 5.82 Å². The predicted molar refractivity (Wildman–Crippen MR) is 131 cm³/mol. The first kappa shape index (κ1) is 22.1. The summed E-state index contributed by atoms with van der Waals surface area (Å²) in [6.07, 6.45) is 5.35. The minimum atomic E-state index is -0.204. The lowest BCUT2D eigenvalue weighted by Gasteiger charge is -2.08. The van der Waals surface area contributed by atoms with Gasteiger partial charge in [0.2, 0.25) is 0 Å². The zero-order valence-electron chi connectivity index (χ0n) is 18.3. The Morgan fingerprint density at radius 3 is 2.55 bits per heavy atom. The van der Waals surface area contributed by atoms with Gasteiger partial charge in [-0.1, -0.05) is 41.6 Å². The van der Waals surface area contributed by atoms with E-state index >= 15 is 0 Å². The van der Waals surface area contributed by atoms with Gasteiger partial charge in [0.15, 0.2) is 0 Å². The topological polar surface area (TPSA) is 85.8 Å². The molecule has 0 atom stereocenters. The average Bonchev–Trinajstić information content (AvgIpc) is 3.24. The van der Waals surface area contributed by atoms with Gasteiger partial charge in [0.05, 0.1) is 17.3 Å². The normalized spacial score (nSPS) is 10.4. The number of aryl methyl sites for hydroxylation is 2. The van der Waals surface area contributed by atoms with Crippen molar-refractivity contribution in [1.29, 1.82) is 0 Å². The van der Waals surface area contributed by atoms with E-state index in [2.05, 4.69) is 27.2 Å². The number of hydrogen-bond donors (Lipinski definition) is 2. The monoisotopic (exact) mass is 455 g/mol. The van der Waals surface area contributed by atoms with E-state index in [9.17, 15) is 4.79 Å². The first-order valence-corrected chi connectivity index (χ1v) is 10.7. The summed E-state index contributed by atoms with van der Waals surface area (Å²) in [7, 11) is 1.85. The maximum atomic E-state index is 12.9. The van der Waals surface area contributed by atoms with Crippen LogP contribution in [0.4, 0.5) is 5.82 Å². The van der Waals surface area contributed by atoms with Crippen molar-refractivity contribution in [2.24, 2.45) is 7.05 Å². The third-order valence-electron chi connectivity index (χ3n) is 5.07. The minimum absolute atomic E-state index is 0.204. The molecule has 2 aromatic heterocycles. The van der Waals surface area contributed by atoms with Gasteiger partial charge in [-0.2, -0.15) is 5.10 Å². The van der Waals surface area contributed by atoms with E-state index in [0.29, 0.717) is 34.1 Å². The second-order valence-electron chi connectivity index (χ2n) is 7.67. The fraction of sp³-hybridized carbons (Fsp3) is 0.115. The highest BCUT2D eigenvalue weighted by Gasteiger charge is 2.11. The molecule has 0 spiro atoms. The lowest BCUT2D eigenvalue weighted by Crippen LogP contribution is -2.23. The molecule has 1 amide bonds. The Balaban J connectivity index is 1.60. The standard InChI is InChI=1S/C26H22ClN5O/c1-17-3-10-24(26(33)30-13-18-4-8-23(27)9-5-18)19(11-17)6-7-20-12-21(14-29-25(20)28)22-15-31-32(2)16-22/h3-5,8-12,14-16H,13H2,1-2H3,(H2,28,29)(H,30,33). The molecule has 2 aromatic carbocycles. The van der Waals surface area contributed by atoms with Crippen LogP contribution in [0.25, 0.3) is 11.1 Å². The summed E-state index contributed by atoms with van der Waals surface area (Å²) in [5, 5.41) is 7.79. The Labute approximate surface area is 197 Å². The molecule has 0 radical (unpaired) electrons. The largest absolute Gasteiger partial charge is 0.383 e. The molecule has 3 N–H and O–H groups in total. The summed E-state index contributed by atoms with van der Waals surface area (Å²) >= 11 is 5.93. The number of nitrogen functional groups attached to an aromatic ring is 1. The quantitative estimate of drug-likeness (QED) is 0.448. The molecular formula is C26H22ClN5O. The van der Waals surface area contributed by atoms with Crippen LogP contribution in [0.1, 0.15) is 32.6 Å². The molecule has 0 saturated carbocycles. The first-order valence-electron chi connectivity index (χ1n) is 10.3. The summed E-state index contributed by atoms with van der Waals surface area (Å²) in [5.74, 6) is 6.33. The van der Waals surface area contributed by atoms with Gasteiger partial charge in [0.25, 0.3) is 5.91 Å². The Hall–Kier alpha value is -4.08. The van der Waals surface area contributed by atoms with Crippen LogP contribution in [0.15, 0.2) is 67.1 Å². The van der Waals surface area contributed by atoms with Crippen LogP contribution in [0.2, 0.25) is 5.02 Å². The van der Waals surface area contributed by atoms with Crippen molar-refractivity contribution < 1.29 is 4.79 Å². The molecular weight excluding hydrogens is 434 g/mol. The number of aromatic nitrogens is 3. The van der Waals surface area contributed by atoms with Crippen molar-refractivity contribution in [3.8, 4) is 23.0 Å². The van der Waals surface area contributed by atoms with Gasteiger partial charge < -0.3 is 11.1 Å². The summed E-state index contributed by atoms with van der Waals surface area (Å²) in [5.41, 5.74) is 11.5. The molecule has 7 heteroatoms. The molecule has 6 nitrogen and oxygen atoms in total. The third-order valence-corrected chi connectivity index (χ3v) is 5.33. The van der Waals surface area contributed by atoms with E-state index in [1.165, 1.54) is 0 Å². The molecule has 4 aromatic rings. The van der Waals surface area contributed by atoms with Gasteiger partial charge in [-0.25, -0.2) is 4.98 Å². The zero-order chi connectivity index (χ0) is 23.4. The number of carbonyl (C=O) groups excluding carboxylic acids is 1. The van der Waals surface area contributed by atoms with Crippen LogP contribution >= 0.6 is 11.6 Å². The summed E-state index contributed by atoms with van der Waals surface area (Å²) in [6, 6.07) is 14.8. The Kier molecular flexibility index (Phi) is 6.43. The highest BCUT2D eigenvalue weighted by atomic mass is 35.5. The van der Waals surface area contributed by atoms with Crippen LogP contribution < -0.4 is 11.1 Å². The van der Waals surface area contributed by atoms with Crippen LogP contribution in [0.3, 0.4) is 0 Å². The van der Waals surface area contributed by atoms with Gasteiger partial charge in [-0.05, 0) is 48.4 Å². The molecule has 0 aliphatic carbocycles. The maximum Gasteiger partial charge on any atom is 0.252 e. The molecule has 0 bridgehead atoms. The number of pyridine rings is 1. The second kappa shape index (κ2) is 9.60. The van der Waals surface area contributed by atoms with Crippen molar-refractivity contribution in [1.82, 2.24) is 20.1 Å². The molecule has 4 rings (SSSR count). The summed E-state index contributed by atoms with van der Waals surface area (Å²) in [4.78, 5) is 17.2. The number of carbonyl (C=O) groups is 1. The number of benzene rings is 2. The van der Waals surface area contributed by atoms with Crippen molar-refractivity contribution in [3.05, 3.63) is 100.0 Å². The highest BCUT2D eigenvalue weighted by Crippen LogP contribution is 2.21. The van der Waals surface area contributed by atoms with Crippen LogP contribution in [-0.4, -0.2) is 20.7 Å². The molecule has 0 aliphatic heterocycles. The first-order chi connectivity index (χ1) is 15.9. The maximum absolute atomic E-state index is 12.9. The highest BCUT2D eigenvalue weighted by molar-refractivity contribution is 6.30. The molecule has 0 unspecified atom stereocenters. The molecule has 0 saturated heterocycles. The SMILES string of the molecule is Cc1ccc(C(=O)NCc2ccc(Cl)cc2)c(C#Cc2cc(-c3cnn(C)c3)cnc2N)c1. The number of nitrogens with zero attached hydrogens (tertiary/aromatic N) is 3. The number of anilines is 1. The van der Waals surface area contributed by atoms with E-state index in [-0.39, 0.29) is 5.91 Å². The molecule has 0 aliphatic rings. The van der Waals surface area contributed by atoms with Crippen LogP contribution in [0.5, 0.6) is 0 Å². The van der Waals surface area contributed by atoms with Gasteiger partial charge in [-0.3, -0.25) is 9.48 Å². The van der Waals surface area contributed by atoms with Crippen molar-refractivity contribution in [3.63, 3.8) is 0 Å². The lowest BCUT2D eigenvalue weighted by molar-refractivity contribution is 0.0950. The number of amides is 1. The number of rotatable bonds is 4. The molecule has 33 heavy (non-hydrogen) atoms. The van der Waals surface area contributed by atoms with Crippen molar-refractivity contribution in [2.45, 2.75) is 13.5 Å². The molecule has 164 valence electrons. The molecule has 0 fully saturated rings. The van der Waals surface area contributed by atoms with E-state index < -0.39 is 0 Å². The predicted octanol–water partition coefficient (Wildman–Crippen LogP) is 4.36. The van der Waals surface area contributed by atoms with E-state index in [1.54, 1.807) is 35.3 Å². The van der Waals surface area contributed by atoms with E-state index in [0.717, 1.165) is 22.3 Å². The Bertz CT molecular complexity index is 1380. The fourth-order valence-electron chi connectivity index (χ4n) is 3.28. The van der Waals surface area contributed by atoms with Gasteiger partial charge in [-0.15, -0.1) is 0 Å². The van der Waals surface area contributed by atoms with E-state index in [4.69, 9.17) is 17.3 Å². The minimum Gasteiger partial charge on any atom is -0.383 e.